The van der Waals surface area contributed by atoms with Crippen LogP contribution in [0.5, 0.6) is 0 Å². The first-order valence-electron chi connectivity index (χ1n) is 6.83. The summed E-state index contributed by atoms with van der Waals surface area (Å²) in [6, 6.07) is 0.468. The highest BCUT2D eigenvalue weighted by atomic mass is 16.5. The Balaban J connectivity index is 3.82. The highest BCUT2D eigenvalue weighted by molar-refractivity contribution is 4.72. The third kappa shape index (κ3) is 7.74. The molecule has 0 aromatic carbocycles. The number of methoxy groups -OCH3 is 1. The lowest BCUT2D eigenvalue weighted by atomic mass is 10.00. The van der Waals surface area contributed by atoms with Crippen molar-refractivity contribution in [3.63, 3.8) is 0 Å². The Morgan fingerprint density at radius 3 is 2.35 bits per heavy atom. The summed E-state index contributed by atoms with van der Waals surface area (Å²) in [5.74, 6) is 0.658. The number of nitrogens with one attached hydrogen (secondary N) is 1. The van der Waals surface area contributed by atoms with E-state index in [4.69, 9.17) is 9.47 Å². The lowest BCUT2D eigenvalue weighted by Crippen LogP contribution is -2.39. The van der Waals surface area contributed by atoms with Crippen LogP contribution in [-0.2, 0) is 9.47 Å². The summed E-state index contributed by atoms with van der Waals surface area (Å²) in [6.45, 7) is 13.4. The van der Waals surface area contributed by atoms with E-state index in [0.717, 1.165) is 26.2 Å². The maximum Gasteiger partial charge on any atom is 0.0644 e. The van der Waals surface area contributed by atoms with Gasteiger partial charge in [-0.2, -0.15) is 0 Å². The average Bonchev–Trinajstić information content (AvgIpc) is 2.32. The molecule has 0 radical (unpaired) electrons. The zero-order valence-corrected chi connectivity index (χ0v) is 12.5. The van der Waals surface area contributed by atoms with Crippen LogP contribution >= 0.6 is 0 Å². The number of hydrogen-bond donors (Lipinski definition) is 1. The molecule has 0 saturated carbocycles. The standard InChI is InChI=1S/C14H31NO2/c1-7-12(3)13(15-8-2)11-17-10-9-14(4,5)16-6/h12-13,15H,7-11H2,1-6H3. The van der Waals surface area contributed by atoms with Gasteiger partial charge in [0.2, 0.25) is 0 Å². The molecule has 0 aliphatic heterocycles. The summed E-state index contributed by atoms with van der Waals surface area (Å²) in [6.07, 6.45) is 2.12. The molecule has 3 heteroatoms. The molecule has 17 heavy (non-hydrogen) atoms. The number of rotatable bonds is 10. The van der Waals surface area contributed by atoms with E-state index in [1.165, 1.54) is 6.42 Å². The molecule has 0 amide bonds. The van der Waals surface area contributed by atoms with Crippen LogP contribution in [0, 0.1) is 5.92 Å². The van der Waals surface area contributed by atoms with Crippen molar-refractivity contribution in [3.8, 4) is 0 Å². The minimum Gasteiger partial charge on any atom is -0.380 e. The maximum atomic E-state index is 5.77. The molecule has 0 spiro atoms. The highest BCUT2D eigenvalue weighted by Gasteiger charge is 2.18. The fraction of sp³-hybridized carbons (Fsp3) is 1.00. The zero-order valence-electron chi connectivity index (χ0n) is 12.5. The van der Waals surface area contributed by atoms with Crippen molar-refractivity contribution >= 4 is 0 Å². The minimum absolute atomic E-state index is 0.0793. The Morgan fingerprint density at radius 1 is 1.24 bits per heavy atom. The fourth-order valence-electron chi connectivity index (χ4n) is 1.60. The van der Waals surface area contributed by atoms with E-state index >= 15 is 0 Å². The second-order valence-electron chi connectivity index (χ2n) is 5.34. The van der Waals surface area contributed by atoms with E-state index in [9.17, 15) is 0 Å². The van der Waals surface area contributed by atoms with Crippen LogP contribution in [0.25, 0.3) is 0 Å². The van der Waals surface area contributed by atoms with Crippen molar-refractivity contribution in [1.29, 1.82) is 0 Å². The molecule has 0 fully saturated rings. The summed E-state index contributed by atoms with van der Waals surface area (Å²) in [4.78, 5) is 0. The zero-order chi connectivity index (χ0) is 13.3. The van der Waals surface area contributed by atoms with E-state index in [-0.39, 0.29) is 5.60 Å². The first-order chi connectivity index (χ1) is 7.96. The molecular weight excluding hydrogens is 214 g/mol. The van der Waals surface area contributed by atoms with Gasteiger partial charge in [-0.15, -0.1) is 0 Å². The molecule has 2 atom stereocenters. The predicted octanol–water partition coefficient (Wildman–Crippen LogP) is 2.84. The van der Waals surface area contributed by atoms with Gasteiger partial charge in [-0.05, 0) is 32.7 Å². The Kier molecular flexibility index (Phi) is 8.83. The number of hydrogen-bond acceptors (Lipinski definition) is 3. The van der Waals surface area contributed by atoms with Gasteiger partial charge in [-0.25, -0.2) is 0 Å². The highest BCUT2D eigenvalue weighted by Crippen LogP contribution is 2.13. The summed E-state index contributed by atoms with van der Waals surface area (Å²) in [5, 5.41) is 3.49. The molecule has 2 unspecified atom stereocenters. The molecule has 1 N–H and O–H groups in total. The predicted molar refractivity (Wildman–Crippen MR) is 73.4 cm³/mol. The van der Waals surface area contributed by atoms with Crippen molar-refractivity contribution in [3.05, 3.63) is 0 Å². The smallest absolute Gasteiger partial charge is 0.0644 e. The van der Waals surface area contributed by atoms with Gasteiger partial charge in [0, 0.05) is 19.8 Å². The molecule has 104 valence electrons. The summed E-state index contributed by atoms with van der Waals surface area (Å²) in [7, 11) is 1.75. The van der Waals surface area contributed by atoms with Crippen LogP contribution in [0.1, 0.15) is 47.5 Å². The molecule has 0 aliphatic carbocycles. The molecule has 0 aliphatic rings. The van der Waals surface area contributed by atoms with E-state index in [2.05, 4.69) is 39.9 Å². The molecule has 0 aromatic rings. The summed E-state index contributed by atoms with van der Waals surface area (Å²) in [5.41, 5.74) is -0.0793. The molecule has 0 heterocycles. The normalized spacial score (nSPS) is 15.9. The number of likely N-dealkylation sites (N-methyl/N-ethyl adjacent to an activating group) is 1. The maximum absolute atomic E-state index is 5.77. The van der Waals surface area contributed by atoms with Crippen LogP contribution in [0.3, 0.4) is 0 Å². The van der Waals surface area contributed by atoms with E-state index in [1.54, 1.807) is 7.11 Å². The van der Waals surface area contributed by atoms with Crippen molar-refractivity contribution in [2.45, 2.75) is 59.1 Å². The molecule has 3 nitrogen and oxygen atoms in total. The Morgan fingerprint density at radius 2 is 1.88 bits per heavy atom. The van der Waals surface area contributed by atoms with Gasteiger partial charge in [0.1, 0.15) is 0 Å². The van der Waals surface area contributed by atoms with E-state index in [0.29, 0.717) is 12.0 Å². The van der Waals surface area contributed by atoms with Gasteiger partial charge in [0.25, 0.3) is 0 Å². The average molecular weight is 245 g/mol. The van der Waals surface area contributed by atoms with Crippen molar-refractivity contribution in [1.82, 2.24) is 5.32 Å². The van der Waals surface area contributed by atoms with Crippen LogP contribution in [-0.4, -0.2) is 38.5 Å². The molecule has 0 bridgehead atoms. The van der Waals surface area contributed by atoms with Gasteiger partial charge in [-0.1, -0.05) is 27.2 Å². The monoisotopic (exact) mass is 245 g/mol. The fourth-order valence-corrected chi connectivity index (χ4v) is 1.60. The van der Waals surface area contributed by atoms with Gasteiger partial charge in [0.05, 0.1) is 12.2 Å². The van der Waals surface area contributed by atoms with Crippen LogP contribution < -0.4 is 5.32 Å². The van der Waals surface area contributed by atoms with Gasteiger partial charge >= 0.3 is 0 Å². The molecule has 0 rings (SSSR count). The topological polar surface area (TPSA) is 30.5 Å². The lowest BCUT2D eigenvalue weighted by molar-refractivity contribution is -0.0141. The van der Waals surface area contributed by atoms with Crippen molar-refractivity contribution < 1.29 is 9.47 Å². The first-order valence-corrected chi connectivity index (χ1v) is 6.83. The van der Waals surface area contributed by atoms with Crippen molar-refractivity contribution in [2.24, 2.45) is 5.92 Å². The molecule has 0 saturated heterocycles. The van der Waals surface area contributed by atoms with Crippen LogP contribution in [0.4, 0.5) is 0 Å². The summed E-state index contributed by atoms with van der Waals surface area (Å²) < 4.78 is 11.1. The number of ether oxygens (including phenoxy) is 2. The van der Waals surface area contributed by atoms with Gasteiger partial charge < -0.3 is 14.8 Å². The minimum atomic E-state index is -0.0793. The van der Waals surface area contributed by atoms with Crippen LogP contribution in [0.15, 0.2) is 0 Å². The lowest BCUT2D eigenvalue weighted by Gasteiger charge is -2.26. The third-order valence-corrected chi connectivity index (χ3v) is 3.50. The molecule has 0 aromatic heterocycles. The second kappa shape index (κ2) is 8.90. The molecular formula is C14H31NO2. The van der Waals surface area contributed by atoms with Gasteiger partial charge in [0.15, 0.2) is 0 Å². The van der Waals surface area contributed by atoms with E-state index in [1.807, 2.05) is 0 Å². The summed E-state index contributed by atoms with van der Waals surface area (Å²) >= 11 is 0. The van der Waals surface area contributed by atoms with Crippen molar-refractivity contribution in [2.75, 3.05) is 26.9 Å². The first kappa shape index (κ1) is 16.9. The SMILES string of the molecule is CCNC(COCCC(C)(C)OC)C(C)CC. The Hall–Kier alpha value is -0.120. The van der Waals surface area contributed by atoms with Crippen LogP contribution in [0.2, 0.25) is 0 Å². The quantitative estimate of drug-likeness (QED) is 0.600. The Labute approximate surface area is 107 Å². The Bertz CT molecular complexity index is 183. The largest absolute Gasteiger partial charge is 0.380 e. The van der Waals surface area contributed by atoms with E-state index < -0.39 is 0 Å². The second-order valence-corrected chi connectivity index (χ2v) is 5.34. The van der Waals surface area contributed by atoms with Gasteiger partial charge in [-0.3, -0.25) is 0 Å². The third-order valence-electron chi connectivity index (χ3n) is 3.50.